The zero-order valence-corrected chi connectivity index (χ0v) is 75.5. The summed E-state index contributed by atoms with van der Waals surface area (Å²) < 4.78 is 0. The van der Waals surface area contributed by atoms with Gasteiger partial charge in [-0.05, 0) is 256 Å². The Labute approximate surface area is 786 Å². The normalized spacial score (nSPS) is 13.4. The average molecular weight is 1730 g/mol. The van der Waals surface area contributed by atoms with Crippen molar-refractivity contribution in [2.45, 2.75) is 49.4 Å². The first-order chi connectivity index (χ1) is 65.4. The minimum atomic E-state index is -0.531. The predicted molar refractivity (Wildman–Crippen MR) is 559 cm³/mol. The molecule has 0 unspecified atom stereocenters. The van der Waals surface area contributed by atoms with Gasteiger partial charge in [-0.1, -0.05) is 415 Å². The average Bonchev–Trinajstić information content (AvgIpc) is 1.54. The van der Waals surface area contributed by atoms with Crippen LogP contribution in [-0.2, 0) is 21.7 Å². The molecule has 1 N–H and O–H groups in total. The van der Waals surface area contributed by atoms with Crippen molar-refractivity contribution in [2.24, 2.45) is 0 Å². The molecule has 0 saturated heterocycles. The van der Waals surface area contributed by atoms with E-state index in [1.54, 1.807) is 0 Å². The number of halogens is 1. The summed E-state index contributed by atoms with van der Waals surface area (Å²) in [5.41, 5.74) is 41.9. The van der Waals surface area contributed by atoms with Crippen LogP contribution < -0.4 is 20.0 Å². The third-order valence-corrected chi connectivity index (χ3v) is 28.1. The van der Waals surface area contributed by atoms with E-state index in [0.29, 0.717) is 0 Å². The second-order valence-electron chi connectivity index (χ2n) is 35.9. The third-order valence-electron chi connectivity index (χ3n) is 27.8. The molecule has 4 aliphatic carbocycles. The molecule has 133 heavy (non-hydrogen) atoms. The Morgan fingerprint density at radius 1 is 0.180 bits per heavy atom. The Balaban J connectivity index is 0.000000130. The summed E-state index contributed by atoms with van der Waals surface area (Å²) in [6.07, 6.45) is 0. The molecular formula is C128H97ClN4. The molecule has 0 spiro atoms. The van der Waals surface area contributed by atoms with Crippen molar-refractivity contribution < 1.29 is 0 Å². The van der Waals surface area contributed by atoms with Crippen LogP contribution in [0.4, 0.5) is 62.6 Å². The second kappa shape index (κ2) is 34.7. The molecule has 0 saturated carbocycles. The van der Waals surface area contributed by atoms with Gasteiger partial charge < -0.3 is 20.0 Å². The molecular weight excluding hydrogens is 1630 g/mol. The number of nitrogens with one attached hydrogen (secondary N) is 1. The van der Waals surface area contributed by atoms with Crippen molar-refractivity contribution in [3.8, 4) is 66.8 Å². The van der Waals surface area contributed by atoms with Crippen molar-refractivity contribution in [1.82, 2.24) is 0 Å². The topological polar surface area (TPSA) is 21.8 Å². The number of nitrogens with zero attached hydrogens (tertiary/aromatic N) is 3. The van der Waals surface area contributed by atoms with Gasteiger partial charge in [-0.2, -0.15) is 0 Å². The number of rotatable bonds is 17. The van der Waals surface area contributed by atoms with Crippen molar-refractivity contribution in [2.75, 3.05) is 20.0 Å². The molecule has 0 heterocycles. The Morgan fingerprint density at radius 2 is 0.459 bits per heavy atom. The van der Waals surface area contributed by atoms with E-state index in [0.717, 1.165) is 89.8 Å². The maximum atomic E-state index is 6.34. The van der Waals surface area contributed by atoms with Crippen LogP contribution in [0.25, 0.3) is 66.8 Å². The summed E-state index contributed by atoms with van der Waals surface area (Å²) >= 11 is 6.34. The number of anilines is 11. The van der Waals surface area contributed by atoms with E-state index in [2.05, 4.69) is 521 Å². The third kappa shape index (κ3) is 14.5. The molecule has 20 aromatic rings. The number of hydrogen-bond donors (Lipinski definition) is 1. The van der Waals surface area contributed by atoms with E-state index in [1.165, 1.54) is 111 Å². The molecule has 24 rings (SSSR count). The largest absolute Gasteiger partial charge is 0.356 e. The zero-order valence-electron chi connectivity index (χ0n) is 74.7. The fraction of sp³-hybridized carbons (Fsp3) is 0.0625. The standard InChI is InChI=1S/C64H48N2.C40H31N.C24H18ClN/c1-63(2)58-33-16-12-30-54(58)57-42-41-52(44-61(57)63)66(62-36-19-15-29-53(62)45-37-39-50(40-38-45)65(48-24-8-4-9-25-48)49-26-10-5-11-27-49)51-28-20-23-47(43-51)64(46-21-6-3-7-22-46)59-34-17-13-31-55(59)56-32-14-18-35-60(56)64;1-39(2)35-20-9-6-17-31(35)34-24-23-30(26-38(34)39)41-29-16-12-15-28(25-29)40(27-13-4-3-5-14-27)36-21-10-7-18-32(36)33-19-8-11-22-37(33)40;25-24-14-8-7-13-23(24)19-15-17-22(18-16-19)26(20-9-3-1-4-10-20)21-11-5-2-6-12-21/h3-44H,1-2H3;3-26,41H,1-2H3;1-18H. The fourth-order valence-electron chi connectivity index (χ4n) is 21.7. The van der Waals surface area contributed by atoms with E-state index >= 15 is 0 Å². The van der Waals surface area contributed by atoms with Crippen molar-refractivity contribution >= 4 is 74.2 Å². The van der Waals surface area contributed by atoms with Crippen molar-refractivity contribution in [3.63, 3.8) is 0 Å². The van der Waals surface area contributed by atoms with Gasteiger partial charge in [0.05, 0.1) is 16.5 Å². The highest BCUT2D eigenvalue weighted by Gasteiger charge is 2.48. The Bertz CT molecular complexity index is 7490. The molecule has 0 radical (unpaired) electrons. The Kier molecular flexibility index (Phi) is 21.6. The SMILES string of the molecule is CC1(C)c2ccccc2-c2ccc(N(c3cccc(C4(c5ccccc5)c5ccccc5-c5ccccc54)c3)c3ccccc3-c3ccc(N(c4ccccc4)c4ccccc4)cc3)cc21.CC1(C)c2ccccc2-c2ccc(Nc3cccc(C4(c5ccccc5)c5ccccc5-c5ccccc54)c3)cc21.Clc1ccccc1-c1ccc(N(c2ccccc2)c2ccccc2)cc1. The summed E-state index contributed by atoms with van der Waals surface area (Å²) in [6, 6.07) is 184. The van der Waals surface area contributed by atoms with Crippen molar-refractivity contribution in [3.05, 3.63) is 581 Å². The highest BCUT2D eigenvalue weighted by atomic mass is 35.5. The van der Waals surface area contributed by atoms with E-state index < -0.39 is 10.8 Å². The molecule has 0 bridgehead atoms. The number of hydrogen-bond acceptors (Lipinski definition) is 4. The number of para-hydroxylation sites is 5. The summed E-state index contributed by atoms with van der Waals surface area (Å²) in [7, 11) is 0. The van der Waals surface area contributed by atoms with E-state index in [9.17, 15) is 0 Å². The van der Waals surface area contributed by atoms with E-state index in [1.807, 2.05) is 36.4 Å². The van der Waals surface area contributed by atoms with Gasteiger partial charge in [0.15, 0.2) is 0 Å². The number of fused-ring (bicyclic) bond motifs is 12. The van der Waals surface area contributed by atoms with Crippen LogP contribution in [0.3, 0.4) is 0 Å². The maximum Gasteiger partial charge on any atom is 0.0714 e. The lowest BCUT2D eigenvalue weighted by Gasteiger charge is -2.35. The lowest BCUT2D eigenvalue weighted by molar-refractivity contribution is 0.660. The molecule has 4 nitrogen and oxygen atoms in total. The fourth-order valence-corrected chi connectivity index (χ4v) is 22.0. The monoisotopic (exact) mass is 1720 g/mol. The molecule has 4 aliphatic rings. The molecule has 0 atom stereocenters. The Hall–Kier alpha value is -16.1. The lowest BCUT2D eigenvalue weighted by atomic mass is 9.67. The minimum absolute atomic E-state index is 0.0277. The first-order valence-corrected chi connectivity index (χ1v) is 46.4. The summed E-state index contributed by atoms with van der Waals surface area (Å²) in [4.78, 5) is 7.06. The zero-order chi connectivity index (χ0) is 89.6. The number of benzene rings is 20. The van der Waals surface area contributed by atoms with Gasteiger partial charge in [-0.15, -0.1) is 0 Å². The van der Waals surface area contributed by atoms with Gasteiger partial charge in [0.25, 0.3) is 0 Å². The molecule has 0 amide bonds. The van der Waals surface area contributed by atoms with Gasteiger partial charge >= 0.3 is 0 Å². The summed E-state index contributed by atoms with van der Waals surface area (Å²) in [5, 5.41) is 4.55. The Morgan fingerprint density at radius 3 is 0.887 bits per heavy atom. The molecule has 5 heteroatoms. The van der Waals surface area contributed by atoms with Crippen LogP contribution in [0.5, 0.6) is 0 Å². The molecule has 0 aromatic heterocycles. The molecule has 0 aliphatic heterocycles. The van der Waals surface area contributed by atoms with Crippen LogP contribution in [-0.4, -0.2) is 0 Å². The van der Waals surface area contributed by atoms with Crippen LogP contribution in [0.2, 0.25) is 5.02 Å². The van der Waals surface area contributed by atoms with Gasteiger partial charge in [0.1, 0.15) is 0 Å². The van der Waals surface area contributed by atoms with Crippen LogP contribution >= 0.6 is 11.6 Å². The van der Waals surface area contributed by atoms with Crippen LogP contribution in [0.15, 0.2) is 510 Å². The summed E-state index contributed by atoms with van der Waals surface area (Å²) in [6.45, 7) is 9.41. The molecule has 20 aromatic carbocycles. The maximum absolute atomic E-state index is 6.34. The van der Waals surface area contributed by atoms with Crippen molar-refractivity contribution in [1.29, 1.82) is 0 Å². The smallest absolute Gasteiger partial charge is 0.0714 e. The van der Waals surface area contributed by atoms with Gasteiger partial charge in [0.2, 0.25) is 0 Å². The van der Waals surface area contributed by atoms with Gasteiger partial charge in [-0.25, -0.2) is 0 Å². The molecule has 0 fully saturated rings. The van der Waals surface area contributed by atoms with Crippen LogP contribution in [0, 0.1) is 0 Å². The molecule has 636 valence electrons. The highest BCUT2D eigenvalue weighted by molar-refractivity contribution is 6.33. The van der Waals surface area contributed by atoms with E-state index in [-0.39, 0.29) is 10.8 Å². The first-order valence-electron chi connectivity index (χ1n) is 46.0. The lowest BCUT2D eigenvalue weighted by Crippen LogP contribution is -2.28. The van der Waals surface area contributed by atoms with Crippen LogP contribution in [0.1, 0.15) is 94.5 Å². The minimum Gasteiger partial charge on any atom is -0.356 e. The highest BCUT2D eigenvalue weighted by Crippen LogP contribution is 2.60. The summed E-state index contributed by atoms with van der Waals surface area (Å²) in [5.74, 6) is 0. The van der Waals surface area contributed by atoms with E-state index in [4.69, 9.17) is 11.6 Å². The second-order valence-corrected chi connectivity index (χ2v) is 36.3. The first kappa shape index (κ1) is 82.6. The predicted octanol–water partition coefficient (Wildman–Crippen LogP) is 34.5. The quantitative estimate of drug-likeness (QED) is 0.0981. The van der Waals surface area contributed by atoms with Gasteiger partial charge in [0, 0.05) is 83.9 Å². The van der Waals surface area contributed by atoms with Gasteiger partial charge in [-0.3, -0.25) is 0 Å².